The highest BCUT2D eigenvalue weighted by molar-refractivity contribution is 7.99. The van der Waals surface area contributed by atoms with Crippen LogP contribution in [0.4, 0.5) is 11.4 Å². The van der Waals surface area contributed by atoms with Gasteiger partial charge in [-0.15, -0.1) is 0 Å². The number of nitrogens with one attached hydrogen (secondary N) is 1. The lowest BCUT2D eigenvalue weighted by Crippen LogP contribution is -2.17. The van der Waals surface area contributed by atoms with Crippen molar-refractivity contribution >= 4 is 29.0 Å². The summed E-state index contributed by atoms with van der Waals surface area (Å²) in [5.74, 6) is 0.487. The van der Waals surface area contributed by atoms with E-state index in [0.717, 1.165) is 28.8 Å². The Kier molecular flexibility index (Phi) is 6.80. The summed E-state index contributed by atoms with van der Waals surface area (Å²) in [5.41, 5.74) is 3.16. The van der Waals surface area contributed by atoms with E-state index in [1.54, 1.807) is 18.0 Å². The van der Waals surface area contributed by atoms with Crippen LogP contribution in [0, 0.1) is 11.3 Å². The number of carbonyl (C=O) groups is 1. The van der Waals surface area contributed by atoms with Crippen molar-refractivity contribution in [2.24, 2.45) is 0 Å². The van der Waals surface area contributed by atoms with Crippen LogP contribution in [-0.4, -0.2) is 29.0 Å². The molecule has 2 heterocycles. The Labute approximate surface area is 186 Å². The van der Waals surface area contributed by atoms with Crippen molar-refractivity contribution in [3.05, 3.63) is 72.2 Å². The van der Waals surface area contributed by atoms with E-state index in [1.165, 1.54) is 24.1 Å². The number of amides is 1. The van der Waals surface area contributed by atoms with Crippen LogP contribution in [0.3, 0.4) is 0 Å². The summed E-state index contributed by atoms with van der Waals surface area (Å²) in [6.45, 7) is 2.26. The van der Waals surface area contributed by atoms with Crippen molar-refractivity contribution in [3.63, 3.8) is 0 Å². The fraction of sp³-hybridized carbons (Fsp3) is 0.250. The van der Waals surface area contributed by atoms with E-state index < -0.39 is 0 Å². The van der Waals surface area contributed by atoms with Gasteiger partial charge in [0.05, 0.1) is 6.07 Å². The first-order valence-corrected chi connectivity index (χ1v) is 11.1. The number of carbonyl (C=O) groups excluding carboxylic acids is 1. The molecule has 156 valence electrons. The van der Waals surface area contributed by atoms with Gasteiger partial charge in [-0.2, -0.15) is 5.26 Å². The van der Waals surface area contributed by atoms with Gasteiger partial charge in [-0.3, -0.25) is 4.79 Å². The molecule has 0 unspecified atom stereocenters. The standard InChI is InChI=1S/C24H23N5OS/c25-12-10-23(30)27-19-6-8-21(9-7-19)31-24-11-13-26-22(28-24)17-18-4-3-5-20(16-18)29-14-1-2-15-29/h3-9,11,13,16H,1-2,10,14-15,17H2,(H,27,30). The first-order chi connectivity index (χ1) is 15.2. The van der Waals surface area contributed by atoms with Gasteiger partial charge in [0, 0.05) is 42.0 Å². The summed E-state index contributed by atoms with van der Waals surface area (Å²) in [4.78, 5) is 24.1. The van der Waals surface area contributed by atoms with Crippen molar-refractivity contribution in [2.75, 3.05) is 23.3 Å². The van der Waals surface area contributed by atoms with Crippen LogP contribution in [-0.2, 0) is 11.2 Å². The lowest BCUT2D eigenvalue weighted by Gasteiger charge is -2.18. The molecular weight excluding hydrogens is 406 g/mol. The first-order valence-electron chi connectivity index (χ1n) is 10.3. The maximum absolute atomic E-state index is 11.5. The Morgan fingerprint density at radius 1 is 1.13 bits per heavy atom. The van der Waals surface area contributed by atoms with E-state index in [-0.39, 0.29) is 12.3 Å². The minimum atomic E-state index is -0.308. The molecule has 2 aromatic carbocycles. The normalized spacial score (nSPS) is 13.1. The van der Waals surface area contributed by atoms with Crippen LogP contribution in [0.5, 0.6) is 0 Å². The van der Waals surface area contributed by atoms with E-state index >= 15 is 0 Å². The molecule has 0 saturated carbocycles. The molecule has 0 radical (unpaired) electrons. The number of hydrogen-bond donors (Lipinski definition) is 1. The van der Waals surface area contributed by atoms with Gasteiger partial charge in [-0.1, -0.05) is 23.9 Å². The Hall–Kier alpha value is -3.37. The van der Waals surface area contributed by atoms with Gasteiger partial charge in [-0.25, -0.2) is 9.97 Å². The molecule has 1 aliphatic heterocycles. The SMILES string of the molecule is N#CCC(=O)Nc1ccc(Sc2ccnc(Cc3cccc(N4CCCC4)c3)n2)cc1. The Bertz CT molecular complexity index is 1090. The van der Waals surface area contributed by atoms with E-state index in [1.807, 2.05) is 36.4 Å². The number of nitrogens with zero attached hydrogens (tertiary/aromatic N) is 4. The van der Waals surface area contributed by atoms with E-state index in [0.29, 0.717) is 12.1 Å². The van der Waals surface area contributed by atoms with Gasteiger partial charge >= 0.3 is 0 Å². The second kappa shape index (κ2) is 10.1. The predicted octanol–water partition coefficient (Wildman–Crippen LogP) is 4.67. The van der Waals surface area contributed by atoms with Crippen LogP contribution >= 0.6 is 11.8 Å². The maximum atomic E-state index is 11.5. The smallest absolute Gasteiger partial charge is 0.238 e. The van der Waals surface area contributed by atoms with Gasteiger partial charge < -0.3 is 10.2 Å². The summed E-state index contributed by atoms with van der Waals surface area (Å²) in [5, 5.41) is 12.1. The molecule has 6 nitrogen and oxygen atoms in total. The number of nitriles is 1. The van der Waals surface area contributed by atoms with E-state index in [4.69, 9.17) is 10.2 Å². The van der Waals surface area contributed by atoms with Gasteiger partial charge in [0.2, 0.25) is 5.91 Å². The van der Waals surface area contributed by atoms with Gasteiger partial charge in [0.25, 0.3) is 0 Å². The second-order valence-corrected chi connectivity index (χ2v) is 8.46. The van der Waals surface area contributed by atoms with Crippen molar-refractivity contribution < 1.29 is 4.79 Å². The molecule has 1 saturated heterocycles. The topological polar surface area (TPSA) is 81.9 Å². The van der Waals surface area contributed by atoms with E-state index in [2.05, 4.69) is 39.5 Å². The Balaban J connectivity index is 1.40. The third kappa shape index (κ3) is 5.83. The lowest BCUT2D eigenvalue weighted by molar-refractivity contribution is -0.115. The molecule has 0 atom stereocenters. The highest BCUT2D eigenvalue weighted by Crippen LogP contribution is 2.27. The molecule has 1 fully saturated rings. The molecule has 31 heavy (non-hydrogen) atoms. The Morgan fingerprint density at radius 3 is 2.71 bits per heavy atom. The third-order valence-electron chi connectivity index (χ3n) is 5.02. The molecular formula is C24H23N5OS. The predicted molar refractivity (Wildman–Crippen MR) is 122 cm³/mol. The van der Waals surface area contributed by atoms with Crippen molar-refractivity contribution in [1.82, 2.24) is 9.97 Å². The fourth-order valence-electron chi connectivity index (χ4n) is 3.55. The molecule has 3 aromatic rings. The van der Waals surface area contributed by atoms with Gasteiger partial charge in [0.15, 0.2) is 0 Å². The van der Waals surface area contributed by atoms with Crippen molar-refractivity contribution in [2.45, 2.75) is 35.6 Å². The van der Waals surface area contributed by atoms with Crippen LogP contribution in [0.2, 0.25) is 0 Å². The molecule has 0 spiro atoms. The second-order valence-electron chi connectivity index (χ2n) is 7.36. The van der Waals surface area contributed by atoms with Crippen LogP contribution in [0.25, 0.3) is 0 Å². The molecule has 1 aromatic heterocycles. The zero-order chi connectivity index (χ0) is 21.5. The average Bonchev–Trinajstić information content (AvgIpc) is 3.31. The molecule has 0 bridgehead atoms. The summed E-state index contributed by atoms with van der Waals surface area (Å²) in [7, 11) is 0. The molecule has 7 heteroatoms. The van der Waals surface area contributed by atoms with Crippen molar-refractivity contribution in [3.8, 4) is 6.07 Å². The fourth-order valence-corrected chi connectivity index (χ4v) is 4.34. The number of rotatable bonds is 7. The lowest BCUT2D eigenvalue weighted by atomic mass is 10.1. The maximum Gasteiger partial charge on any atom is 0.238 e. The largest absolute Gasteiger partial charge is 0.372 e. The quantitative estimate of drug-likeness (QED) is 0.550. The van der Waals surface area contributed by atoms with Gasteiger partial charge in [-0.05, 0) is 60.9 Å². The third-order valence-corrected chi connectivity index (χ3v) is 5.97. The van der Waals surface area contributed by atoms with E-state index in [9.17, 15) is 4.79 Å². The summed E-state index contributed by atoms with van der Waals surface area (Å²) >= 11 is 1.55. The molecule has 1 N–H and O–H groups in total. The minimum absolute atomic E-state index is 0.152. The summed E-state index contributed by atoms with van der Waals surface area (Å²) < 4.78 is 0. The highest BCUT2D eigenvalue weighted by Gasteiger charge is 2.13. The van der Waals surface area contributed by atoms with Crippen molar-refractivity contribution in [1.29, 1.82) is 5.26 Å². The molecule has 4 rings (SSSR count). The zero-order valence-corrected chi connectivity index (χ0v) is 17.9. The summed E-state index contributed by atoms with van der Waals surface area (Å²) in [6.07, 6.45) is 4.87. The average molecular weight is 430 g/mol. The number of hydrogen-bond acceptors (Lipinski definition) is 6. The minimum Gasteiger partial charge on any atom is -0.372 e. The highest BCUT2D eigenvalue weighted by atomic mass is 32.2. The summed E-state index contributed by atoms with van der Waals surface area (Å²) in [6, 6.07) is 19.9. The number of benzene rings is 2. The Morgan fingerprint density at radius 2 is 1.94 bits per heavy atom. The van der Waals surface area contributed by atoms with Gasteiger partial charge in [0.1, 0.15) is 17.3 Å². The molecule has 1 amide bonds. The van der Waals surface area contributed by atoms with Crippen LogP contribution in [0.1, 0.15) is 30.7 Å². The molecule has 1 aliphatic rings. The monoisotopic (exact) mass is 429 g/mol. The van der Waals surface area contributed by atoms with Crippen LogP contribution in [0.15, 0.2) is 70.7 Å². The van der Waals surface area contributed by atoms with Crippen LogP contribution < -0.4 is 10.2 Å². The first kappa shape index (κ1) is 20.9. The molecule has 0 aliphatic carbocycles. The number of anilines is 2. The zero-order valence-electron chi connectivity index (χ0n) is 17.1. The number of aromatic nitrogens is 2.